The number of hydrogen-bond donors (Lipinski definition) is 2. The van der Waals surface area contributed by atoms with Gasteiger partial charge in [-0.15, -0.1) is 10.2 Å². The third kappa shape index (κ3) is 2.65. The third-order valence-corrected chi connectivity index (χ3v) is 3.07. The highest BCUT2D eigenvalue weighted by Crippen LogP contribution is 2.25. The zero-order valence-corrected chi connectivity index (χ0v) is 10.2. The normalized spacial score (nSPS) is 10.6. The first-order chi connectivity index (χ1) is 9.00. The van der Waals surface area contributed by atoms with Crippen LogP contribution in [0.1, 0.15) is 0 Å². The maximum atomic E-state index is 13.7. The van der Waals surface area contributed by atoms with E-state index >= 15 is 0 Å². The molecule has 100 valence electrons. The Morgan fingerprint density at radius 1 is 1.42 bits per heavy atom. The van der Waals surface area contributed by atoms with Crippen molar-refractivity contribution >= 4 is 23.7 Å². The number of carboxylic acids is 1. The molecular weight excluding hydrogens is 278 g/mol. The molecule has 6 nitrogen and oxygen atoms in total. The average Bonchev–Trinajstić information content (AvgIpc) is 2.72. The number of anilines is 1. The van der Waals surface area contributed by atoms with Gasteiger partial charge >= 0.3 is 5.97 Å². The van der Waals surface area contributed by atoms with Gasteiger partial charge in [-0.3, -0.25) is 9.36 Å². The van der Waals surface area contributed by atoms with Crippen molar-refractivity contribution in [2.75, 3.05) is 11.5 Å². The molecule has 9 heteroatoms. The van der Waals surface area contributed by atoms with E-state index < -0.39 is 17.6 Å². The Morgan fingerprint density at radius 2 is 2.16 bits per heavy atom. The summed E-state index contributed by atoms with van der Waals surface area (Å²) in [6, 6.07) is 3.56. The van der Waals surface area contributed by atoms with Crippen LogP contribution in [0.4, 0.5) is 14.7 Å². The van der Waals surface area contributed by atoms with Crippen LogP contribution in [0.5, 0.6) is 0 Å². The largest absolute Gasteiger partial charge is 0.481 e. The average molecular weight is 286 g/mol. The first-order valence-corrected chi connectivity index (χ1v) is 5.99. The van der Waals surface area contributed by atoms with E-state index in [1.807, 2.05) is 0 Å². The van der Waals surface area contributed by atoms with E-state index in [0.29, 0.717) is 0 Å². The van der Waals surface area contributed by atoms with Crippen LogP contribution in [0, 0.1) is 11.6 Å². The molecule has 0 spiro atoms. The van der Waals surface area contributed by atoms with E-state index in [1.54, 1.807) is 0 Å². The molecule has 0 atom stereocenters. The molecule has 19 heavy (non-hydrogen) atoms. The summed E-state index contributed by atoms with van der Waals surface area (Å²) in [6.07, 6.45) is 0. The lowest BCUT2D eigenvalue weighted by molar-refractivity contribution is -0.133. The zero-order chi connectivity index (χ0) is 14.0. The van der Waals surface area contributed by atoms with Crippen LogP contribution in [0.2, 0.25) is 0 Å². The van der Waals surface area contributed by atoms with Crippen molar-refractivity contribution in [3.63, 3.8) is 0 Å². The molecule has 0 aliphatic heterocycles. The first kappa shape index (κ1) is 13.3. The predicted octanol–water partition coefficient (Wildman–Crippen LogP) is 1.30. The van der Waals surface area contributed by atoms with Crippen molar-refractivity contribution in [2.24, 2.45) is 0 Å². The Hall–Kier alpha value is -2.16. The van der Waals surface area contributed by atoms with Gasteiger partial charge in [-0.05, 0) is 12.1 Å². The Labute approximate surface area is 110 Å². The van der Waals surface area contributed by atoms with Crippen LogP contribution >= 0.6 is 11.8 Å². The summed E-state index contributed by atoms with van der Waals surface area (Å²) in [5.41, 5.74) is 5.37. The van der Waals surface area contributed by atoms with Crippen LogP contribution in [-0.2, 0) is 4.79 Å². The Morgan fingerprint density at radius 3 is 2.84 bits per heavy atom. The molecule has 0 aliphatic rings. The van der Waals surface area contributed by atoms with Gasteiger partial charge in [-0.2, -0.15) is 0 Å². The minimum absolute atomic E-state index is 0.0735. The molecule has 0 bridgehead atoms. The van der Waals surface area contributed by atoms with Crippen molar-refractivity contribution in [1.29, 1.82) is 0 Å². The zero-order valence-electron chi connectivity index (χ0n) is 9.38. The van der Waals surface area contributed by atoms with Gasteiger partial charge in [0.05, 0.1) is 11.4 Å². The maximum absolute atomic E-state index is 13.7. The number of hydrogen-bond acceptors (Lipinski definition) is 5. The summed E-state index contributed by atoms with van der Waals surface area (Å²) in [6.45, 7) is 0. The minimum Gasteiger partial charge on any atom is -0.481 e. The predicted molar refractivity (Wildman–Crippen MR) is 64.0 cm³/mol. The van der Waals surface area contributed by atoms with Gasteiger partial charge in [-0.1, -0.05) is 17.8 Å². The molecule has 1 aromatic heterocycles. The number of rotatable bonds is 4. The highest BCUT2D eigenvalue weighted by atomic mass is 32.2. The SMILES string of the molecule is Nc1nnc(SCC(=O)O)n1-c1cccc(F)c1F. The summed E-state index contributed by atoms with van der Waals surface area (Å²) in [7, 11) is 0. The number of thioether (sulfide) groups is 1. The van der Waals surface area contributed by atoms with E-state index in [1.165, 1.54) is 12.1 Å². The van der Waals surface area contributed by atoms with Crippen molar-refractivity contribution < 1.29 is 18.7 Å². The monoisotopic (exact) mass is 286 g/mol. The fourth-order valence-corrected chi connectivity index (χ4v) is 2.06. The van der Waals surface area contributed by atoms with E-state index in [2.05, 4.69) is 10.2 Å². The molecule has 1 heterocycles. The number of benzene rings is 1. The quantitative estimate of drug-likeness (QED) is 0.823. The molecule has 0 aliphatic carbocycles. The van der Waals surface area contributed by atoms with Crippen LogP contribution in [0.15, 0.2) is 23.4 Å². The summed E-state index contributed by atoms with van der Waals surface area (Å²) in [4.78, 5) is 10.5. The fraction of sp³-hybridized carbons (Fsp3) is 0.100. The highest BCUT2D eigenvalue weighted by Gasteiger charge is 2.18. The molecule has 0 fully saturated rings. The lowest BCUT2D eigenvalue weighted by Gasteiger charge is -2.08. The summed E-state index contributed by atoms with van der Waals surface area (Å²) >= 11 is 0.806. The highest BCUT2D eigenvalue weighted by molar-refractivity contribution is 7.99. The lowest BCUT2D eigenvalue weighted by atomic mass is 10.3. The number of aliphatic carboxylic acids is 1. The molecule has 0 saturated heterocycles. The second kappa shape index (κ2) is 5.22. The number of nitrogens with two attached hydrogens (primary N) is 1. The maximum Gasteiger partial charge on any atom is 0.313 e. The molecular formula is C10H8F2N4O2S. The van der Waals surface area contributed by atoms with E-state index in [0.717, 1.165) is 22.4 Å². The van der Waals surface area contributed by atoms with Gasteiger partial charge < -0.3 is 10.8 Å². The van der Waals surface area contributed by atoms with Gasteiger partial charge in [0.2, 0.25) is 5.95 Å². The van der Waals surface area contributed by atoms with E-state index in [-0.39, 0.29) is 22.5 Å². The van der Waals surface area contributed by atoms with E-state index in [4.69, 9.17) is 10.8 Å². The number of carbonyl (C=O) groups is 1. The van der Waals surface area contributed by atoms with Crippen LogP contribution < -0.4 is 5.73 Å². The number of aromatic nitrogens is 3. The van der Waals surface area contributed by atoms with Gasteiger partial charge in [-0.25, -0.2) is 8.78 Å². The third-order valence-electron chi connectivity index (χ3n) is 2.16. The second-order valence-electron chi connectivity index (χ2n) is 3.43. The molecule has 3 N–H and O–H groups in total. The first-order valence-electron chi connectivity index (χ1n) is 5.00. The number of carboxylic acid groups (broad SMARTS) is 1. The topological polar surface area (TPSA) is 94.0 Å². The molecule has 0 saturated carbocycles. The summed E-state index contributed by atoms with van der Waals surface area (Å²) < 4.78 is 27.9. The van der Waals surface area contributed by atoms with Gasteiger partial charge in [0.15, 0.2) is 16.8 Å². The van der Waals surface area contributed by atoms with Gasteiger partial charge in [0.25, 0.3) is 0 Å². The van der Waals surface area contributed by atoms with E-state index in [9.17, 15) is 13.6 Å². The Balaban J connectivity index is 2.46. The summed E-state index contributed by atoms with van der Waals surface area (Å²) in [5.74, 6) is -3.67. The number of nitrogen functional groups attached to an aromatic ring is 1. The standard InChI is InChI=1S/C10H8F2N4O2S/c11-5-2-1-3-6(8(5)12)16-9(13)14-15-10(16)19-4-7(17)18/h1-3H,4H2,(H2,13,14)(H,17,18). The second-order valence-corrected chi connectivity index (χ2v) is 4.37. The van der Waals surface area contributed by atoms with Gasteiger partial charge in [0, 0.05) is 0 Å². The molecule has 2 aromatic rings. The molecule has 2 rings (SSSR count). The van der Waals surface area contributed by atoms with Crippen LogP contribution in [-0.4, -0.2) is 31.6 Å². The smallest absolute Gasteiger partial charge is 0.313 e. The lowest BCUT2D eigenvalue weighted by Crippen LogP contribution is -2.07. The van der Waals surface area contributed by atoms with Crippen molar-refractivity contribution in [3.8, 4) is 5.69 Å². The minimum atomic E-state index is -1.11. The molecule has 0 unspecified atom stereocenters. The number of nitrogens with zero attached hydrogens (tertiary/aromatic N) is 3. The van der Waals surface area contributed by atoms with Crippen LogP contribution in [0.25, 0.3) is 5.69 Å². The molecule has 0 amide bonds. The number of halogens is 2. The van der Waals surface area contributed by atoms with Crippen molar-refractivity contribution in [1.82, 2.24) is 14.8 Å². The van der Waals surface area contributed by atoms with Gasteiger partial charge in [0.1, 0.15) is 0 Å². The summed E-state index contributed by atoms with van der Waals surface area (Å²) in [5, 5.41) is 15.8. The molecule has 1 aromatic carbocycles. The fourth-order valence-electron chi connectivity index (χ4n) is 1.39. The van der Waals surface area contributed by atoms with Crippen molar-refractivity contribution in [2.45, 2.75) is 5.16 Å². The molecule has 0 radical (unpaired) electrons. The Kier molecular flexibility index (Phi) is 3.65. The Bertz CT molecular complexity index is 632. The van der Waals surface area contributed by atoms with Crippen molar-refractivity contribution in [3.05, 3.63) is 29.8 Å². The van der Waals surface area contributed by atoms with Crippen LogP contribution in [0.3, 0.4) is 0 Å².